The van der Waals surface area contributed by atoms with Gasteiger partial charge in [-0.15, -0.1) is 0 Å². The second kappa shape index (κ2) is 5.62. The fraction of sp³-hybridized carbons (Fsp3) is 0.500. The van der Waals surface area contributed by atoms with Crippen LogP contribution in [0.1, 0.15) is 24.5 Å². The van der Waals surface area contributed by atoms with Crippen molar-refractivity contribution in [3.63, 3.8) is 0 Å². The largest absolute Gasteiger partial charge is 0.330 e. The maximum absolute atomic E-state index is 12.1. The van der Waals surface area contributed by atoms with Crippen LogP contribution in [0.3, 0.4) is 0 Å². The van der Waals surface area contributed by atoms with E-state index in [1.165, 1.54) is 0 Å². The standard InChI is InChI=1S/C12H20N2O2S/c1-9-4-5-10(2)12(8-9)17(15,16)14-11(3)6-7-13/h4-5,8,11,14H,6-7,13H2,1-3H3. The van der Waals surface area contributed by atoms with E-state index in [0.717, 1.165) is 11.1 Å². The van der Waals surface area contributed by atoms with Crippen molar-refractivity contribution in [3.8, 4) is 0 Å². The fourth-order valence-corrected chi connectivity index (χ4v) is 3.24. The lowest BCUT2D eigenvalue weighted by molar-refractivity contribution is 0.549. The van der Waals surface area contributed by atoms with Gasteiger partial charge in [0.15, 0.2) is 0 Å². The number of nitrogens with one attached hydrogen (secondary N) is 1. The van der Waals surface area contributed by atoms with E-state index in [2.05, 4.69) is 4.72 Å². The molecule has 0 radical (unpaired) electrons. The Morgan fingerprint density at radius 3 is 2.59 bits per heavy atom. The first-order valence-electron chi connectivity index (χ1n) is 5.66. The minimum absolute atomic E-state index is 0.148. The van der Waals surface area contributed by atoms with Crippen LogP contribution < -0.4 is 10.5 Å². The number of benzene rings is 1. The Morgan fingerprint density at radius 1 is 1.35 bits per heavy atom. The highest BCUT2D eigenvalue weighted by Crippen LogP contribution is 2.17. The molecule has 0 aliphatic heterocycles. The van der Waals surface area contributed by atoms with Crippen LogP contribution in [-0.4, -0.2) is 21.0 Å². The smallest absolute Gasteiger partial charge is 0.241 e. The zero-order valence-electron chi connectivity index (χ0n) is 10.5. The third-order valence-electron chi connectivity index (χ3n) is 2.59. The second-order valence-corrected chi connectivity index (χ2v) is 6.05. The first-order valence-corrected chi connectivity index (χ1v) is 7.15. The molecule has 0 amide bonds. The third kappa shape index (κ3) is 3.80. The molecule has 0 bridgehead atoms. The van der Waals surface area contributed by atoms with E-state index in [0.29, 0.717) is 17.9 Å². The molecule has 0 fully saturated rings. The number of hydrogen-bond donors (Lipinski definition) is 2. The molecule has 0 aromatic heterocycles. The third-order valence-corrected chi connectivity index (χ3v) is 4.32. The summed E-state index contributed by atoms with van der Waals surface area (Å²) in [5.41, 5.74) is 7.09. The summed E-state index contributed by atoms with van der Waals surface area (Å²) in [4.78, 5) is 0.348. The van der Waals surface area contributed by atoms with Gasteiger partial charge in [-0.3, -0.25) is 0 Å². The fourth-order valence-electron chi connectivity index (χ4n) is 1.63. The summed E-state index contributed by atoms with van der Waals surface area (Å²) in [6, 6.07) is 5.26. The number of aryl methyl sites for hydroxylation is 2. The monoisotopic (exact) mass is 256 g/mol. The SMILES string of the molecule is Cc1ccc(C)c(S(=O)(=O)NC(C)CCN)c1. The van der Waals surface area contributed by atoms with Crippen LogP contribution >= 0.6 is 0 Å². The normalized spacial score (nSPS) is 13.6. The Kier molecular flexibility index (Phi) is 4.68. The Bertz CT molecular complexity index is 483. The molecule has 5 heteroatoms. The Labute approximate surface area is 103 Å². The quantitative estimate of drug-likeness (QED) is 0.834. The van der Waals surface area contributed by atoms with E-state index in [1.807, 2.05) is 26.0 Å². The van der Waals surface area contributed by atoms with E-state index >= 15 is 0 Å². The number of sulfonamides is 1. The summed E-state index contributed by atoms with van der Waals surface area (Å²) in [6.45, 7) is 5.95. The van der Waals surface area contributed by atoms with Crippen molar-refractivity contribution in [2.24, 2.45) is 5.73 Å². The van der Waals surface area contributed by atoms with Crippen molar-refractivity contribution in [2.75, 3.05) is 6.54 Å². The van der Waals surface area contributed by atoms with Gasteiger partial charge < -0.3 is 5.73 Å². The zero-order chi connectivity index (χ0) is 13.1. The van der Waals surface area contributed by atoms with Crippen LogP contribution in [0.5, 0.6) is 0 Å². The highest BCUT2D eigenvalue weighted by atomic mass is 32.2. The first-order chi connectivity index (χ1) is 7.86. The molecule has 17 heavy (non-hydrogen) atoms. The summed E-state index contributed by atoms with van der Waals surface area (Å²) in [5.74, 6) is 0. The van der Waals surface area contributed by atoms with Gasteiger partial charge in [0.25, 0.3) is 0 Å². The molecule has 0 spiro atoms. The molecule has 96 valence electrons. The van der Waals surface area contributed by atoms with Gasteiger partial charge in [0.2, 0.25) is 10.0 Å². The van der Waals surface area contributed by atoms with Gasteiger partial charge in [0.05, 0.1) is 4.90 Å². The molecule has 0 heterocycles. The van der Waals surface area contributed by atoms with Crippen LogP contribution in [0.25, 0.3) is 0 Å². The molecular formula is C12H20N2O2S. The molecule has 0 saturated heterocycles. The number of rotatable bonds is 5. The maximum Gasteiger partial charge on any atom is 0.241 e. The molecular weight excluding hydrogens is 236 g/mol. The van der Waals surface area contributed by atoms with E-state index in [1.54, 1.807) is 13.0 Å². The minimum atomic E-state index is -3.44. The van der Waals surface area contributed by atoms with Crippen molar-refractivity contribution in [1.29, 1.82) is 0 Å². The van der Waals surface area contributed by atoms with Gasteiger partial charge in [-0.1, -0.05) is 12.1 Å². The van der Waals surface area contributed by atoms with Crippen molar-refractivity contribution in [2.45, 2.75) is 38.1 Å². The van der Waals surface area contributed by atoms with Gasteiger partial charge >= 0.3 is 0 Å². The Balaban J connectivity index is 3.01. The van der Waals surface area contributed by atoms with Gasteiger partial charge in [-0.2, -0.15) is 0 Å². The number of nitrogens with two attached hydrogens (primary N) is 1. The van der Waals surface area contributed by atoms with Crippen LogP contribution in [0.15, 0.2) is 23.1 Å². The summed E-state index contributed by atoms with van der Waals surface area (Å²) in [6.07, 6.45) is 0.629. The molecule has 4 nitrogen and oxygen atoms in total. The molecule has 1 aromatic rings. The van der Waals surface area contributed by atoms with Crippen LogP contribution in [0, 0.1) is 13.8 Å². The second-order valence-electron chi connectivity index (χ2n) is 4.37. The maximum atomic E-state index is 12.1. The first kappa shape index (κ1) is 14.2. The van der Waals surface area contributed by atoms with Crippen molar-refractivity contribution >= 4 is 10.0 Å². The summed E-state index contributed by atoms with van der Waals surface area (Å²) in [7, 11) is -3.44. The molecule has 0 aliphatic rings. The highest BCUT2D eigenvalue weighted by molar-refractivity contribution is 7.89. The number of hydrogen-bond acceptors (Lipinski definition) is 3. The molecule has 1 unspecified atom stereocenters. The highest BCUT2D eigenvalue weighted by Gasteiger charge is 2.19. The van der Waals surface area contributed by atoms with Gasteiger partial charge in [0, 0.05) is 6.04 Å². The van der Waals surface area contributed by atoms with Crippen LogP contribution in [-0.2, 0) is 10.0 Å². The Hall–Kier alpha value is -0.910. The Morgan fingerprint density at radius 2 is 2.00 bits per heavy atom. The molecule has 1 aromatic carbocycles. The van der Waals surface area contributed by atoms with Gasteiger partial charge in [0.1, 0.15) is 0 Å². The average Bonchev–Trinajstić information content (AvgIpc) is 2.21. The van der Waals surface area contributed by atoms with E-state index < -0.39 is 10.0 Å². The lowest BCUT2D eigenvalue weighted by atomic mass is 10.2. The summed E-state index contributed by atoms with van der Waals surface area (Å²) < 4.78 is 26.9. The van der Waals surface area contributed by atoms with Crippen molar-refractivity contribution in [1.82, 2.24) is 4.72 Å². The molecule has 1 rings (SSSR count). The van der Waals surface area contributed by atoms with E-state index in [-0.39, 0.29) is 6.04 Å². The molecule has 1 atom stereocenters. The van der Waals surface area contributed by atoms with Crippen molar-refractivity contribution < 1.29 is 8.42 Å². The van der Waals surface area contributed by atoms with Crippen molar-refractivity contribution in [3.05, 3.63) is 29.3 Å². The van der Waals surface area contributed by atoms with Gasteiger partial charge in [-0.25, -0.2) is 13.1 Å². The lowest BCUT2D eigenvalue weighted by Crippen LogP contribution is -2.34. The predicted molar refractivity (Wildman–Crippen MR) is 69.4 cm³/mol. The minimum Gasteiger partial charge on any atom is -0.330 e. The van der Waals surface area contributed by atoms with Crippen LogP contribution in [0.4, 0.5) is 0 Å². The van der Waals surface area contributed by atoms with E-state index in [9.17, 15) is 8.42 Å². The average molecular weight is 256 g/mol. The predicted octanol–water partition coefficient (Wildman–Crippen LogP) is 1.32. The molecule has 3 N–H and O–H groups in total. The summed E-state index contributed by atoms with van der Waals surface area (Å²) in [5, 5.41) is 0. The molecule has 0 saturated carbocycles. The van der Waals surface area contributed by atoms with Crippen LogP contribution in [0.2, 0.25) is 0 Å². The molecule has 0 aliphatic carbocycles. The topological polar surface area (TPSA) is 72.2 Å². The lowest BCUT2D eigenvalue weighted by Gasteiger charge is -2.15. The van der Waals surface area contributed by atoms with Gasteiger partial charge in [-0.05, 0) is 50.9 Å². The summed E-state index contributed by atoms with van der Waals surface area (Å²) >= 11 is 0. The van der Waals surface area contributed by atoms with E-state index in [4.69, 9.17) is 5.73 Å². The zero-order valence-corrected chi connectivity index (χ0v) is 11.3.